The van der Waals surface area contributed by atoms with E-state index in [1.54, 1.807) is 22.7 Å². The van der Waals surface area contributed by atoms with Crippen molar-refractivity contribution in [1.29, 1.82) is 0 Å². The Hall–Kier alpha value is -0.310. The summed E-state index contributed by atoms with van der Waals surface area (Å²) in [4.78, 5) is 1.19. The first kappa shape index (κ1) is 7.35. The molecular weight excluding hydrogens is 196 g/mol. The van der Waals surface area contributed by atoms with Gasteiger partial charge in [-0.05, 0) is 23.6 Å². The van der Waals surface area contributed by atoms with Gasteiger partial charge in [-0.25, -0.2) is 0 Å². The quantitative estimate of drug-likeness (QED) is 0.653. The van der Waals surface area contributed by atoms with E-state index in [2.05, 4.69) is 5.38 Å². The Bertz CT molecular complexity index is 335. The Balaban J connectivity index is 2.45. The van der Waals surface area contributed by atoms with Crippen LogP contribution in [0.3, 0.4) is 0 Å². The largest absolute Gasteiger partial charge is 0.142 e. The zero-order valence-corrected chi connectivity index (χ0v) is 7.89. The van der Waals surface area contributed by atoms with Crippen molar-refractivity contribution in [3.63, 3.8) is 0 Å². The average Bonchev–Trinajstić information content (AvgIpc) is 2.55. The molecule has 0 unspecified atom stereocenters. The van der Waals surface area contributed by atoms with Crippen LogP contribution in [0.2, 0.25) is 4.34 Å². The molecule has 1 radical (unpaired) electrons. The fraction of sp³-hybridized carbons (Fsp3) is 0. The fourth-order valence-electron chi connectivity index (χ4n) is 0.825. The van der Waals surface area contributed by atoms with E-state index in [1.165, 1.54) is 4.88 Å². The van der Waals surface area contributed by atoms with Gasteiger partial charge in [0.25, 0.3) is 0 Å². The Morgan fingerprint density at radius 1 is 1.27 bits per heavy atom. The third-order valence-electron chi connectivity index (χ3n) is 1.31. The van der Waals surface area contributed by atoms with Crippen molar-refractivity contribution < 1.29 is 0 Å². The number of rotatable bonds is 1. The summed E-state index contributed by atoms with van der Waals surface area (Å²) in [5.41, 5.74) is 1.15. The molecule has 2 rings (SSSR count). The number of hydrogen-bond acceptors (Lipinski definition) is 2. The summed E-state index contributed by atoms with van der Waals surface area (Å²) in [6, 6.07) is 5.98. The zero-order chi connectivity index (χ0) is 7.68. The van der Waals surface area contributed by atoms with Crippen molar-refractivity contribution in [3.8, 4) is 10.4 Å². The fourth-order valence-corrected chi connectivity index (χ4v) is 2.49. The van der Waals surface area contributed by atoms with Crippen LogP contribution in [0.25, 0.3) is 10.4 Å². The Kier molecular flexibility index (Phi) is 1.98. The van der Waals surface area contributed by atoms with Crippen LogP contribution < -0.4 is 0 Å². The monoisotopic (exact) mass is 199 g/mol. The van der Waals surface area contributed by atoms with Gasteiger partial charge in [-0.15, -0.1) is 22.7 Å². The maximum absolute atomic E-state index is 5.79. The van der Waals surface area contributed by atoms with E-state index in [-0.39, 0.29) is 0 Å². The molecule has 55 valence electrons. The minimum atomic E-state index is 0.833. The van der Waals surface area contributed by atoms with Crippen LogP contribution in [0.5, 0.6) is 0 Å². The van der Waals surface area contributed by atoms with Crippen molar-refractivity contribution in [2.24, 2.45) is 0 Å². The molecule has 0 fully saturated rings. The van der Waals surface area contributed by atoms with E-state index in [0.717, 1.165) is 9.90 Å². The summed E-state index contributed by atoms with van der Waals surface area (Å²) in [7, 11) is 0. The predicted octanol–water partition coefficient (Wildman–Crippen LogP) is 3.93. The molecule has 2 heterocycles. The molecule has 2 aromatic rings. The van der Waals surface area contributed by atoms with Crippen LogP contribution in [-0.4, -0.2) is 0 Å². The minimum Gasteiger partial charge on any atom is -0.142 e. The van der Waals surface area contributed by atoms with Crippen molar-refractivity contribution in [2.75, 3.05) is 0 Å². The summed E-state index contributed by atoms with van der Waals surface area (Å²) in [6.45, 7) is 0. The SMILES string of the molecule is Clc1ccc(-c2[c]scc2)s1. The van der Waals surface area contributed by atoms with E-state index in [0.29, 0.717) is 0 Å². The molecule has 0 aliphatic carbocycles. The van der Waals surface area contributed by atoms with Gasteiger partial charge >= 0.3 is 0 Å². The molecule has 3 heteroatoms. The normalized spacial score (nSPS) is 10.3. The molecule has 0 atom stereocenters. The van der Waals surface area contributed by atoms with Crippen LogP contribution in [-0.2, 0) is 0 Å². The van der Waals surface area contributed by atoms with E-state index in [1.807, 2.05) is 23.6 Å². The lowest BCUT2D eigenvalue weighted by Crippen LogP contribution is -1.58. The Morgan fingerprint density at radius 3 is 2.73 bits per heavy atom. The molecule has 0 saturated carbocycles. The summed E-state index contributed by atoms with van der Waals surface area (Å²) in [5, 5.41) is 5.18. The lowest BCUT2D eigenvalue weighted by molar-refractivity contribution is 1.88. The van der Waals surface area contributed by atoms with E-state index in [4.69, 9.17) is 11.6 Å². The highest BCUT2D eigenvalue weighted by atomic mass is 35.5. The first-order valence-electron chi connectivity index (χ1n) is 3.07. The third kappa shape index (κ3) is 1.48. The topological polar surface area (TPSA) is 0 Å². The minimum absolute atomic E-state index is 0.833. The summed E-state index contributed by atoms with van der Waals surface area (Å²) < 4.78 is 0.833. The molecule has 0 N–H and O–H groups in total. The summed E-state index contributed by atoms with van der Waals surface area (Å²) >= 11 is 8.95. The van der Waals surface area contributed by atoms with Crippen molar-refractivity contribution >= 4 is 34.3 Å². The van der Waals surface area contributed by atoms with Gasteiger partial charge in [0.05, 0.1) is 9.72 Å². The van der Waals surface area contributed by atoms with Crippen LogP contribution in [0, 0.1) is 5.38 Å². The van der Waals surface area contributed by atoms with Gasteiger partial charge < -0.3 is 0 Å². The molecule has 0 aliphatic rings. The van der Waals surface area contributed by atoms with Crippen molar-refractivity contribution in [3.05, 3.63) is 33.3 Å². The van der Waals surface area contributed by atoms with Gasteiger partial charge in [0.2, 0.25) is 0 Å². The second-order valence-corrected chi connectivity index (χ2v) is 4.47. The molecular formula is C8H4ClS2. The van der Waals surface area contributed by atoms with Gasteiger partial charge in [0.1, 0.15) is 0 Å². The molecule has 11 heavy (non-hydrogen) atoms. The second kappa shape index (κ2) is 2.97. The van der Waals surface area contributed by atoms with Crippen LogP contribution in [0.1, 0.15) is 0 Å². The summed E-state index contributed by atoms with van der Waals surface area (Å²) in [5.74, 6) is 0. The highest BCUT2D eigenvalue weighted by Crippen LogP contribution is 2.31. The average molecular weight is 200 g/mol. The van der Waals surface area contributed by atoms with Crippen LogP contribution >= 0.6 is 34.3 Å². The van der Waals surface area contributed by atoms with E-state index < -0.39 is 0 Å². The zero-order valence-electron chi connectivity index (χ0n) is 5.50. The number of hydrogen-bond donors (Lipinski definition) is 0. The van der Waals surface area contributed by atoms with E-state index in [9.17, 15) is 0 Å². The second-order valence-electron chi connectivity index (χ2n) is 2.04. The van der Waals surface area contributed by atoms with E-state index >= 15 is 0 Å². The molecule has 0 bridgehead atoms. The van der Waals surface area contributed by atoms with Crippen LogP contribution in [0.15, 0.2) is 23.6 Å². The van der Waals surface area contributed by atoms with Gasteiger partial charge in [0.15, 0.2) is 0 Å². The first-order valence-corrected chi connectivity index (χ1v) is 5.14. The molecule has 0 aliphatic heterocycles. The molecule has 0 aromatic carbocycles. The maximum Gasteiger partial charge on any atom is 0.0934 e. The molecule has 2 aromatic heterocycles. The third-order valence-corrected chi connectivity index (χ3v) is 3.18. The van der Waals surface area contributed by atoms with Crippen LogP contribution in [0.4, 0.5) is 0 Å². The Morgan fingerprint density at radius 2 is 2.18 bits per heavy atom. The molecule has 0 nitrogen and oxygen atoms in total. The predicted molar refractivity (Wildman–Crippen MR) is 51.5 cm³/mol. The maximum atomic E-state index is 5.79. The number of thiophene rings is 2. The number of halogens is 1. The van der Waals surface area contributed by atoms with Crippen molar-refractivity contribution in [2.45, 2.75) is 0 Å². The lowest BCUT2D eigenvalue weighted by Gasteiger charge is -1.85. The standard InChI is InChI=1S/C8H4ClS2/c9-8-2-1-7(11-8)6-3-4-10-5-6/h1-4H. The Labute approximate surface area is 78.1 Å². The van der Waals surface area contributed by atoms with Gasteiger partial charge in [-0.2, -0.15) is 0 Å². The highest BCUT2D eigenvalue weighted by Gasteiger charge is 2.00. The van der Waals surface area contributed by atoms with Gasteiger partial charge in [0, 0.05) is 10.4 Å². The van der Waals surface area contributed by atoms with Crippen molar-refractivity contribution in [1.82, 2.24) is 0 Å². The lowest BCUT2D eigenvalue weighted by atomic mass is 10.3. The highest BCUT2D eigenvalue weighted by molar-refractivity contribution is 7.19. The van der Waals surface area contributed by atoms with Gasteiger partial charge in [-0.3, -0.25) is 0 Å². The van der Waals surface area contributed by atoms with Gasteiger partial charge in [-0.1, -0.05) is 11.6 Å². The molecule has 0 spiro atoms. The summed E-state index contributed by atoms with van der Waals surface area (Å²) in [6.07, 6.45) is 0. The molecule has 0 saturated heterocycles. The smallest absolute Gasteiger partial charge is 0.0934 e. The first-order chi connectivity index (χ1) is 5.36. The molecule has 0 amide bonds.